The van der Waals surface area contributed by atoms with Crippen molar-refractivity contribution in [1.82, 2.24) is 4.90 Å². The van der Waals surface area contributed by atoms with Crippen LogP contribution in [0.2, 0.25) is 0 Å². The lowest BCUT2D eigenvalue weighted by atomic mass is 10.2. The highest BCUT2D eigenvalue weighted by molar-refractivity contribution is 6.27. The molecule has 9 heteroatoms. The van der Waals surface area contributed by atoms with Crippen LogP contribution in [0.15, 0.2) is 54.6 Å². The molecule has 1 saturated heterocycles. The van der Waals surface area contributed by atoms with Gasteiger partial charge in [-0.1, -0.05) is 30.3 Å². The fourth-order valence-electron chi connectivity index (χ4n) is 3.10. The molecule has 172 valence electrons. The molecule has 1 fully saturated rings. The van der Waals surface area contributed by atoms with Crippen LogP contribution in [-0.4, -0.2) is 72.5 Å². The quantitative estimate of drug-likeness (QED) is 0.358. The summed E-state index contributed by atoms with van der Waals surface area (Å²) in [5, 5.41) is 14.8. The van der Waals surface area contributed by atoms with Gasteiger partial charge in [-0.2, -0.15) is 0 Å². The van der Waals surface area contributed by atoms with E-state index in [-0.39, 0.29) is 12.1 Å². The Morgan fingerprint density at radius 1 is 0.969 bits per heavy atom. The summed E-state index contributed by atoms with van der Waals surface area (Å²) in [6, 6.07) is 16.8. The molecular formula is C23H27NO8. The molecule has 2 aromatic rings. The SMILES string of the molecule is COc1ccccc1OC1CCN(CCCOC(=O)c2ccccc2)C1.O=C(O)C(=O)O. The van der Waals surface area contributed by atoms with Gasteiger partial charge in [-0.15, -0.1) is 0 Å². The first-order chi connectivity index (χ1) is 15.4. The molecule has 1 aliphatic rings. The van der Waals surface area contributed by atoms with Gasteiger partial charge in [0.15, 0.2) is 11.5 Å². The molecule has 1 heterocycles. The second kappa shape index (κ2) is 13.0. The van der Waals surface area contributed by atoms with Gasteiger partial charge in [0.2, 0.25) is 0 Å². The first-order valence-electron chi connectivity index (χ1n) is 10.1. The molecule has 0 spiro atoms. The first kappa shape index (κ1) is 24.7. The van der Waals surface area contributed by atoms with Gasteiger partial charge in [0.1, 0.15) is 6.10 Å². The lowest BCUT2D eigenvalue weighted by molar-refractivity contribution is -0.159. The number of esters is 1. The number of methoxy groups -OCH3 is 1. The van der Waals surface area contributed by atoms with Crippen LogP contribution in [0.25, 0.3) is 0 Å². The zero-order valence-electron chi connectivity index (χ0n) is 17.8. The number of rotatable bonds is 8. The summed E-state index contributed by atoms with van der Waals surface area (Å²) in [6.07, 6.45) is 1.97. The maximum absolute atomic E-state index is 11.9. The number of aliphatic carboxylic acids is 2. The van der Waals surface area contributed by atoms with Crippen molar-refractivity contribution < 1.29 is 38.8 Å². The smallest absolute Gasteiger partial charge is 0.414 e. The van der Waals surface area contributed by atoms with Gasteiger partial charge in [-0.05, 0) is 37.1 Å². The van der Waals surface area contributed by atoms with Crippen molar-refractivity contribution in [3.63, 3.8) is 0 Å². The molecule has 2 N–H and O–H groups in total. The molecule has 0 amide bonds. The number of nitrogens with zero attached hydrogens (tertiary/aromatic N) is 1. The fraction of sp³-hybridized carbons (Fsp3) is 0.348. The number of carbonyl (C=O) groups excluding carboxylic acids is 1. The van der Waals surface area contributed by atoms with Crippen LogP contribution < -0.4 is 9.47 Å². The largest absolute Gasteiger partial charge is 0.493 e. The standard InChI is InChI=1S/C21H25NO4.C2H2O4/c1-24-19-10-5-6-11-20(19)26-18-12-14-22(16-18)13-7-15-25-21(23)17-8-3-2-4-9-17;3-1(4)2(5)6/h2-6,8-11,18H,7,12-16H2,1H3;(H,3,4)(H,5,6). The van der Waals surface area contributed by atoms with Crippen molar-refractivity contribution >= 4 is 17.9 Å². The number of likely N-dealkylation sites (tertiary alicyclic amines) is 1. The highest BCUT2D eigenvalue weighted by Crippen LogP contribution is 2.28. The van der Waals surface area contributed by atoms with Crippen LogP contribution in [-0.2, 0) is 14.3 Å². The second-order valence-corrected chi connectivity index (χ2v) is 6.95. The van der Waals surface area contributed by atoms with E-state index in [4.69, 9.17) is 34.0 Å². The number of carboxylic acid groups (broad SMARTS) is 2. The van der Waals surface area contributed by atoms with Gasteiger partial charge in [0, 0.05) is 19.6 Å². The Labute approximate surface area is 186 Å². The van der Waals surface area contributed by atoms with Crippen LogP contribution in [0.1, 0.15) is 23.2 Å². The van der Waals surface area contributed by atoms with E-state index in [0.29, 0.717) is 12.2 Å². The Bertz CT molecular complexity index is 875. The van der Waals surface area contributed by atoms with E-state index in [2.05, 4.69) is 4.90 Å². The highest BCUT2D eigenvalue weighted by atomic mass is 16.5. The van der Waals surface area contributed by atoms with E-state index in [1.54, 1.807) is 19.2 Å². The Kier molecular flexibility index (Phi) is 9.99. The Hall–Kier alpha value is -3.59. The molecule has 0 radical (unpaired) electrons. The summed E-state index contributed by atoms with van der Waals surface area (Å²) in [6.45, 7) is 3.20. The Balaban J connectivity index is 0.000000534. The normalized spacial score (nSPS) is 15.2. The third-order valence-electron chi connectivity index (χ3n) is 4.64. The van der Waals surface area contributed by atoms with Crippen molar-refractivity contribution in [2.45, 2.75) is 18.9 Å². The third kappa shape index (κ3) is 8.27. The summed E-state index contributed by atoms with van der Waals surface area (Å²) >= 11 is 0. The monoisotopic (exact) mass is 445 g/mol. The molecule has 0 aliphatic carbocycles. The average Bonchev–Trinajstić information content (AvgIpc) is 3.25. The van der Waals surface area contributed by atoms with Gasteiger partial charge in [0.25, 0.3) is 0 Å². The van der Waals surface area contributed by atoms with Gasteiger partial charge < -0.3 is 24.4 Å². The van der Waals surface area contributed by atoms with Crippen molar-refractivity contribution in [3.05, 3.63) is 60.2 Å². The molecular weight excluding hydrogens is 418 g/mol. The molecule has 2 aromatic carbocycles. The number of carboxylic acids is 2. The predicted molar refractivity (Wildman–Crippen MR) is 115 cm³/mol. The first-order valence-corrected chi connectivity index (χ1v) is 10.1. The van der Waals surface area contributed by atoms with Crippen molar-refractivity contribution in [1.29, 1.82) is 0 Å². The molecule has 9 nitrogen and oxygen atoms in total. The van der Waals surface area contributed by atoms with E-state index in [1.807, 2.05) is 42.5 Å². The molecule has 0 bridgehead atoms. The van der Waals surface area contributed by atoms with Crippen LogP contribution in [0.5, 0.6) is 11.5 Å². The van der Waals surface area contributed by atoms with E-state index in [9.17, 15) is 4.79 Å². The number of hydrogen-bond donors (Lipinski definition) is 2. The van der Waals surface area contributed by atoms with Crippen LogP contribution >= 0.6 is 0 Å². The third-order valence-corrected chi connectivity index (χ3v) is 4.64. The number of ether oxygens (including phenoxy) is 3. The maximum Gasteiger partial charge on any atom is 0.414 e. The van der Waals surface area contributed by atoms with Gasteiger partial charge in [-0.3, -0.25) is 4.90 Å². The average molecular weight is 445 g/mol. The van der Waals surface area contributed by atoms with Gasteiger partial charge in [-0.25, -0.2) is 14.4 Å². The topological polar surface area (TPSA) is 123 Å². The summed E-state index contributed by atoms with van der Waals surface area (Å²) in [5.41, 5.74) is 0.596. The Morgan fingerprint density at radius 3 is 2.22 bits per heavy atom. The molecule has 1 aliphatic heterocycles. The molecule has 1 atom stereocenters. The van der Waals surface area contributed by atoms with Gasteiger partial charge in [0.05, 0.1) is 19.3 Å². The summed E-state index contributed by atoms with van der Waals surface area (Å²) in [4.78, 5) is 32.4. The maximum atomic E-state index is 11.9. The van der Waals surface area contributed by atoms with Crippen LogP contribution in [0.4, 0.5) is 0 Å². The minimum atomic E-state index is -1.82. The van der Waals surface area contributed by atoms with Crippen molar-refractivity contribution in [3.8, 4) is 11.5 Å². The number of carbonyl (C=O) groups is 3. The van der Waals surface area contributed by atoms with E-state index in [1.165, 1.54) is 0 Å². The van der Waals surface area contributed by atoms with E-state index < -0.39 is 11.9 Å². The zero-order valence-corrected chi connectivity index (χ0v) is 17.8. The van der Waals surface area contributed by atoms with E-state index >= 15 is 0 Å². The summed E-state index contributed by atoms with van der Waals surface area (Å²) in [7, 11) is 1.65. The molecule has 0 aromatic heterocycles. The molecule has 32 heavy (non-hydrogen) atoms. The molecule has 3 rings (SSSR count). The van der Waals surface area contributed by atoms with E-state index in [0.717, 1.165) is 44.0 Å². The zero-order chi connectivity index (χ0) is 23.3. The molecule has 0 saturated carbocycles. The second-order valence-electron chi connectivity index (χ2n) is 6.95. The van der Waals surface area contributed by atoms with Crippen molar-refractivity contribution in [2.75, 3.05) is 33.4 Å². The summed E-state index contributed by atoms with van der Waals surface area (Å²) in [5.74, 6) is -2.35. The molecule has 1 unspecified atom stereocenters. The number of hydrogen-bond acceptors (Lipinski definition) is 7. The van der Waals surface area contributed by atoms with Crippen molar-refractivity contribution in [2.24, 2.45) is 0 Å². The number of para-hydroxylation sites is 2. The lowest BCUT2D eigenvalue weighted by Crippen LogP contribution is -2.26. The number of benzene rings is 2. The highest BCUT2D eigenvalue weighted by Gasteiger charge is 2.24. The Morgan fingerprint density at radius 2 is 1.59 bits per heavy atom. The minimum absolute atomic E-state index is 0.165. The minimum Gasteiger partial charge on any atom is -0.493 e. The van der Waals surface area contributed by atoms with Crippen LogP contribution in [0.3, 0.4) is 0 Å². The summed E-state index contributed by atoms with van der Waals surface area (Å²) < 4.78 is 16.7. The predicted octanol–water partition coefficient (Wildman–Crippen LogP) is 2.55. The van der Waals surface area contributed by atoms with Gasteiger partial charge >= 0.3 is 17.9 Å². The fourth-order valence-corrected chi connectivity index (χ4v) is 3.10. The van der Waals surface area contributed by atoms with Crippen LogP contribution in [0, 0.1) is 0 Å². The lowest BCUT2D eigenvalue weighted by Gasteiger charge is -2.18.